The molecule has 0 aliphatic carbocycles. The number of hydrogen-bond acceptors (Lipinski definition) is 2. The molecule has 58 valence electrons. The minimum absolute atomic E-state index is 0.123. The molecule has 0 aromatic rings. The van der Waals surface area contributed by atoms with Crippen molar-refractivity contribution in [3.63, 3.8) is 0 Å². The van der Waals surface area contributed by atoms with E-state index in [4.69, 9.17) is 5.73 Å². The summed E-state index contributed by atoms with van der Waals surface area (Å²) in [5.74, 6) is -0.297. The van der Waals surface area contributed by atoms with Gasteiger partial charge in [-0.2, -0.15) is 0 Å². The average Bonchev–Trinajstić information content (AvgIpc) is 1.81. The molecule has 0 unspecified atom stereocenters. The zero-order valence-corrected chi connectivity index (χ0v) is 6.55. The smallest absolute Gasteiger partial charge is 0.247 e. The van der Waals surface area contributed by atoms with Gasteiger partial charge in [0.2, 0.25) is 5.91 Å². The molecule has 0 aromatic carbocycles. The van der Waals surface area contributed by atoms with Crippen molar-refractivity contribution in [3.8, 4) is 0 Å². The third kappa shape index (κ3) is 2.53. The highest BCUT2D eigenvalue weighted by molar-refractivity contribution is 5.91. The summed E-state index contributed by atoms with van der Waals surface area (Å²) in [6.07, 6.45) is 1.38. The summed E-state index contributed by atoms with van der Waals surface area (Å²) in [5.41, 5.74) is 5.55. The highest BCUT2D eigenvalue weighted by Crippen LogP contribution is 2.07. The Bertz CT molecular complexity index is 150. The Morgan fingerprint density at radius 2 is 2.10 bits per heavy atom. The fraction of sp³-hybridized carbons (Fsp3) is 0.571. The van der Waals surface area contributed by atoms with E-state index in [1.165, 1.54) is 13.4 Å². The van der Waals surface area contributed by atoms with Gasteiger partial charge in [0.15, 0.2) is 0 Å². The Morgan fingerprint density at radius 1 is 1.60 bits per heavy atom. The van der Waals surface area contributed by atoms with Crippen molar-refractivity contribution in [2.45, 2.75) is 13.8 Å². The lowest BCUT2D eigenvalue weighted by atomic mass is 10.1. The summed E-state index contributed by atoms with van der Waals surface area (Å²) in [6, 6.07) is 0. The fourth-order valence-electron chi connectivity index (χ4n) is 0.606. The lowest BCUT2D eigenvalue weighted by molar-refractivity contribution is -0.115. The molecule has 2 N–H and O–H groups in total. The molecular formula is C7H13NO2. The first-order chi connectivity index (χ1) is 4.59. The van der Waals surface area contributed by atoms with Crippen LogP contribution in [0.1, 0.15) is 13.8 Å². The monoisotopic (exact) mass is 143 g/mol. The molecular weight excluding hydrogens is 130 g/mol. The molecule has 10 heavy (non-hydrogen) atoms. The van der Waals surface area contributed by atoms with Crippen molar-refractivity contribution in [1.29, 1.82) is 0 Å². The topological polar surface area (TPSA) is 52.3 Å². The van der Waals surface area contributed by atoms with E-state index >= 15 is 0 Å². The van der Waals surface area contributed by atoms with Crippen LogP contribution >= 0.6 is 0 Å². The molecule has 0 aliphatic rings. The van der Waals surface area contributed by atoms with E-state index in [9.17, 15) is 4.79 Å². The van der Waals surface area contributed by atoms with Crippen LogP contribution in [-0.2, 0) is 9.53 Å². The maximum Gasteiger partial charge on any atom is 0.247 e. The van der Waals surface area contributed by atoms with E-state index in [1.54, 1.807) is 0 Å². The molecule has 1 amide bonds. The SMILES string of the molecule is COC=C(C(N)=O)C(C)C. The minimum atomic E-state index is -0.420. The van der Waals surface area contributed by atoms with Crippen molar-refractivity contribution in [2.75, 3.05) is 7.11 Å². The van der Waals surface area contributed by atoms with E-state index in [-0.39, 0.29) is 5.92 Å². The predicted molar refractivity (Wildman–Crippen MR) is 39.1 cm³/mol. The lowest BCUT2D eigenvalue weighted by Gasteiger charge is -2.04. The summed E-state index contributed by atoms with van der Waals surface area (Å²) >= 11 is 0. The summed E-state index contributed by atoms with van der Waals surface area (Å²) < 4.78 is 4.66. The number of hydrogen-bond donors (Lipinski definition) is 1. The molecule has 0 atom stereocenters. The third-order valence-electron chi connectivity index (χ3n) is 1.15. The van der Waals surface area contributed by atoms with Gasteiger partial charge in [-0.1, -0.05) is 13.8 Å². The van der Waals surface area contributed by atoms with Crippen LogP contribution in [0.15, 0.2) is 11.8 Å². The van der Waals surface area contributed by atoms with Gasteiger partial charge in [-0.25, -0.2) is 0 Å². The maximum atomic E-state index is 10.6. The Kier molecular flexibility index (Phi) is 3.54. The molecule has 0 spiro atoms. The quantitative estimate of drug-likeness (QED) is 0.466. The lowest BCUT2D eigenvalue weighted by Crippen LogP contribution is -2.17. The second kappa shape index (κ2) is 3.93. The second-order valence-electron chi connectivity index (χ2n) is 2.33. The fourth-order valence-corrected chi connectivity index (χ4v) is 0.606. The van der Waals surface area contributed by atoms with Crippen LogP contribution in [0.3, 0.4) is 0 Å². The molecule has 0 fully saturated rings. The van der Waals surface area contributed by atoms with E-state index in [0.29, 0.717) is 5.57 Å². The number of rotatable bonds is 3. The Balaban J connectivity index is 4.27. The van der Waals surface area contributed by atoms with Gasteiger partial charge in [-0.15, -0.1) is 0 Å². The molecule has 3 heteroatoms. The molecule has 0 aliphatic heterocycles. The minimum Gasteiger partial charge on any atom is -0.504 e. The predicted octanol–water partition coefficient (Wildman–Crippen LogP) is 0.658. The number of primary amides is 1. The number of amides is 1. The van der Waals surface area contributed by atoms with E-state index in [2.05, 4.69) is 4.74 Å². The summed E-state index contributed by atoms with van der Waals surface area (Å²) in [6.45, 7) is 3.77. The summed E-state index contributed by atoms with van der Waals surface area (Å²) in [5, 5.41) is 0. The third-order valence-corrected chi connectivity index (χ3v) is 1.15. The van der Waals surface area contributed by atoms with Gasteiger partial charge >= 0.3 is 0 Å². The Morgan fingerprint density at radius 3 is 2.20 bits per heavy atom. The maximum absolute atomic E-state index is 10.6. The van der Waals surface area contributed by atoms with Gasteiger partial charge < -0.3 is 10.5 Å². The molecule has 0 saturated heterocycles. The standard InChI is InChI=1S/C7H13NO2/c1-5(2)6(4-10-3)7(8)9/h4-5H,1-3H3,(H2,8,9). The molecule has 0 saturated carbocycles. The first kappa shape index (κ1) is 9.01. The summed E-state index contributed by atoms with van der Waals surface area (Å²) in [7, 11) is 1.49. The highest BCUT2D eigenvalue weighted by atomic mass is 16.5. The zero-order chi connectivity index (χ0) is 8.15. The van der Waals surface area contributed by atoms with Gasteiger partial charge in [-0.3, -0.25) is 4.79 Å². The largest absolute Gasteiger partial charge is 0.504 e. The molecule has 0 aromatic heterocycles. The van der Waals surface area contributed by atoms with Crippen molar-refractivity contribution in [1.82, 2.24) is 0 Å². The average molecular weight is 143 g/mol. The molecule has 0 bridgehead atoms. The van der Waals surface area contributed by atoms with Gasteiger partial charge in [-0.05, 0) is 5.92 Å². The molecule has 0 rings (SSSR count). The number of methoxy groups -OCH3 is 1. The van der Waals surface area contributed by atoms with Crippen LogP contribution in [0, 0.1) is 5.92 Å². The Labute approximate surface area is 60.9 Å². The van der Waals surface area contributed by atoms with Crippen LogP contribution in [0.25, 0.3) is 0 Å². The zero-order valence-electron chi connectivity index (χ0n) is 6.55. The molecule has 0 heterocycles. The van der Waals surface area contributed by atoms with Crippen molar-refractivity contribution in [3.05, 3.63) is 11.8 Å². The highest BCUT2D eigenvalue weighted by Gasteiger charge is 2.08. The van der Waals surface area contributed by atoms with Crippen LogP contribution in [0.4, 0.5) is 0 Å². The van der Waals surface area contributed by atoms with Crippen LogP contribution in [-0.4, -0.2) is 13.0 Å². The summed E-state index contributed by atoms with van der Waals surface area (Å²) in [4.78, 5) is 10.6. The second-order valence-corrected chi connectivity index (χ2v) is 2.33. The van der Waals surface area contributed by atoms with Gasteiger partial charge in [0.25, 0.3) is 0 Å². The van der Waals surface area contributed by atoms with Crippen molar-refractivity contribution >= 4 is 5.91 Å². The van der Waals surface area contributed by atoms with E-state index in [0.717, 1.165) is 0 Å². The van der Waals surface area contributed by atoms with Crippen LogP contribution < -0.4 is 5.73 Å². The van der Waals surface area contributed by atoms with E-state index < -0.39 is 5.91 Å². The van der Waals surface area contributed by atoms with Crippen LogP contribution in [0.2, 0.25) is 0 Å². The van der Waals surface area contributed by atoms with E-state index in [1.807, 2.05) is 13.8 Å². The van der Waals surface area contributed by atoms with Crippen molar-refractivity contribution < 1.29 is 9.53 Å². The number of carbonyl (C=O) groups is 1. The number of ether oxygens (including phenoxy) is 1. The molecule has 0 radical (unpaired) electrons. The van der Waals surface area contributed by atoms with Crippen LogP contribution in [0.5, 0.6) is 0 Å². The number of carbonyl (C=O) groups excluding carboxylic acids is 1. The first-order valence-electron chi connectivity index (χ1n) is 3.12. The van der Waals surface area contributed by atoms with Gasteiger partial charge in [0.1, 0.15) is 0 Å². The molecule has 3 nitrogen and oxygen atoms in total. The number of nitrogens with two attached hydrogens (primary N) is 1. The Hall–Kier alpha value is -0.990. The van der Waals surface area contributed by atoms with Crippen molar-refractivity contribution in [2.24, 2.45) is 11.7 Å². The van der Waals surface area contributed by atoms with Gasteiger partial charge in [0, 0.05) is 0 Å². The normalized spacial score (nSPS) is 11.8. The first-order valence-corrected chi connectivity index (χ1v) is 3.12. The van der Waals surface area contributed by atoms with Gasteiger partial charge in [0.05, 0.1) is 18.9 Å².